The topological polar surface area (TPSA) is 52.7 Å². The highest BCUT2D eigenvalue weighted by Gasteiger charge is 2.36. The van der Waals surface area contributed by atoms with E-state index in [-0.39, 0.29) is 17.2 Å². The molecular formula is C23H35N3O2. The van der Waals surface area contributed by atoms with Gasteiger partial charge in [0, 0.05) is 50.9 Å². The quantitative estimate of drug-likeness (QED) is 0.727. The van der Waals surface area contributed by atoms with Crippen molar-refractivity contribution in [1.82, 2.24) is 4.90 Å². The molecule has 2 saturated carbocycles. The molecule has 0 aromatic heterocycles. The van der Waals surface area contributed by atoms with Gasteiger partial charge in [-0.25, -0.2) is 0 Å². The molecule has 2 aliphatic carbocycles. The van der Waals surface area contributed by atoms with Crippen molar-refractivity contribution in [2.24, 2.45) is 17.3 Å². The maximum atomic E-state index is 12.8. The van der Waals surface area contributed by atoms with Crippen molar-refractivity contribution in [3.05, 3.63) is 23.8 Å². The van der Waals surface area contributed by atoms with Crippen molar-refractivity contribution in [3.8, 4) is 0 Å². The van der Waals surface area contributed by atoms with Gasteiger partial charge in [0.25, 0.3) is 0 Å². The summed E-state index contributed by atoms with van der Waals surface area (Å²) in [6, 6.07) is 6.03. The molecule has 154 valence electrons. The Bertz CT molecular complexity index is 728. The molecule has 0 atom stereocenters. The molecule has 2 amide bonds. The van der Waals surface area contributed by atoms with Gasteiger partial charge in [-0.1, -0.05) is 20.8 Å². The molecule has 1 aromatic carbocycles. The third-order valence-corrected chi connectivity index (χ3v) is 5.31. The van der Waals surface area contributed by atoms with Gasteiger partial charge < -0.3 is 15.1 Å². The zero-order valence-corrected chi connectivity index (χ0v) is 18.0. The average Bonchev–Trinajstić information content (AvgIpc) is 3.45. The Morgan fingerprint density at radius 1 is 1.11 bits per heavy atom. The van der Waals surface area contributed by atoms with Gasteiger partial charge in [-0.2, -0.15) is 0 Å². The molecule has 0 bridgehead atoms. The van der Waals surface area contributed by atoms with Crippen LogP contribution in [0.2, 0.25) is 0 Å². The highest BCUT2D eigenvalue weighted by molar-refractivity contribution is 5.91. The number of anilines is 2. The van der Waals surface area contributed by atoms with E-state index in [0.717, 1.165) is 36.3 Å². The molecule has 28 heavy (non-hydrogen) atoms. The van der Waals surface area contributed by atoms with Gasteiger partial charge in [0.2, 0.25) is 11.8 Å². The smallest absolute Gasteiger partial charge is 0.225 e. The third kappa shape index (κ3) is 5.98. The Labute approximate surface area is 169 Å². The largest absolute Gasteiger partial charge is 0.377 e. The first-order valence-corrected chi connectivity index (χ1v) is 10.5. The molecule has 0 heterocycles. The second-order valence-electron chi connectivity index (χ2n) is 9.96. The minimum atomic E-state index is -0.0474. The van der Waals surface area contributed by atoms with Crippen molar-refractivity contribution in [2.75, 3.05) is 30.9 Å². The lowest BCUT2D eigenvalue weighted by Gasteiger charge is -2.26. The van der Waals surface area contributed by atoms with Gasteiger partial charge in [0.15, 0.2) is 0 Å². The molecule has 3 rings (SSSR count). The second kappa shape index (κ2) is 8.14. The van der Waals surface area contributed by atoms with Gasteiger partial charge in [-0.15, -0.1) is 0 Å². The van der Waals surface area contributed by atoms with Crippen LogP contribution in [0.5, 0.6) is 0 Å². The summed E-state index contributed by atoms with van der Waals surface area (Å²) in [4.78, 5) is 29.3. The highest BCUT2D eigenvalue weighted by atomic mass is 16.2. The molecule has 0 aliphatic heterocycles. The predicted molar refractivity (Wildman–Crippen MR) is 114 cm³/mol. The Kier molecular flexibility index (Phi) is 6.01. The Hall–Kier alpha value is -2.04. The highest BCUT2D eigenvalue weighted by Crippen LogP contribution is 2.36. The standard InChI is InChI=1S/C23H35N3O2/c1-23(2,3)13-21(27)24-19-10-11-20(25(4)5)18(12-19)15-26(14-16-6-7-16)22(28)17-8-9-17/h10-12,16-17H,6-9,13-15H2,1-5H3,(H,24,27). The Balaban J connectivity index is 1.78. The van der Waals surface area contributed by atoms with Gasteiger partial charge in [-0.05, 0) is 60.8 Å². The molecule has 1 N–H and O–H groups in total. The molecule has 2 aliphatic rings. The van der Waals surface area contributed by atoms with E-state index in [9.17, 15) is 9.59 Å². The second-order valence-corrected chi connectivity index (χ2v) is 9.96. The number of rotatable bonds is 8. The van der Waals surface area contributed by atoms with Gasteiger partial charge in [0.05, 0.1) is 0 Å². The first kappa shape index (κ1) is 20.7. The van der Waals surface area contributed by atoms with Crippen molar-refractivity contribution >= 4 is 23.2 Å². The molecule has 0 saturated heterocycles. The van der Waals surface area contributed by atoms with Crippen LogP contribution in [0.25, 0.3) is 0 Å². The van der Waals surface area contributed by atoms with Crippen LogP contribution < -0.4 is 10.2 Å². The molecular weight excluding hydrogens is 350 g/mol. The van der Waals surface area contributed by atoms with Crippen molar-refractivity contribution in [1.29, 1.82) is 0 Å². The lowest BCUT2D eigenvalue weighted by molar-refractivity contribution is -0.133. The van der Waals surface area contributed by atoms with Crippen LogP contribution in [0.15, 0.2) is 18.2 Å². The fourth-order valence-corrected chi connectivity index (χ4v) is 3.55. The molecule has 0 unspecified atom stereocenters. The molecule has 1 aromatic rings. The van der Waals surface area contributed by atoms with Gasteiger partial charge in [0.1, 0.15) is 0 Å². The van der Waals surface area contributed by atoms with E-state index in [1.807, 2.05) is 32.3 Å². The number of nitrogens with zero attached hydrogens (tertiary/aromatic N) is 2. The summed E-state index contributed by atoms with van der Waals surface area (Å²) in [5.74, 6) is 1.23. The average molecular weight is 386 g/mol. The minimum Gasteiger partial charge on any atom is -0.377 e. The minimum absolute atomic E-state index is 0.0277. The van der Waals surface area contributed by atoms with Crippen LogP contribution in [-0.2, 0) is 16.1 Å². The van der Waals surface area contributed by atoms with E-state index in [1.165, 1.54) is 12.8 Å². The fraction of sp³-hybridized carbons (Fsp3) is 0.652. The van der Waals surface area contributed by atoms with Gasteiger partial charge >= 0.3 is 0 Å². The molecule has 0 radical (unpaired) electrons. The first-order chi connectivity index (χ1) is 13.1. The fourth-order valence-electron chi connectivity index (χ4n) is 3.55. The zero-order chi connectivity index (χ0) is 20.5. The number of hydrogen-bond acceptors (Lipinski definition) is 3. The van der Waals surface area contributed by atoms with E-state index < -0.39 is 0 Å². The molecule has 5 nitrogen and oxygen atoms in total. The van der Waals surface area contributed by atoms with Crippen molar-refractivity contribution < 1.29 is 9.59 Å². The predicted octanol–water partition coefficient (Wildman–Crippen LogP) is 4.28. The van der Waals surface area contributed by atoms with E-state index in [2.05, 4.69) is 35.9 Å². The summed E-state index contributed by atoms with van der Waals surface area (Å²) < 4.78 is 0. The summed E-state index contributed by atoms with van der Waals surface area (Å²) in [7, 11) is 4.04. The normalized spacial score (nSPS) is 16.6. The number of carbonyl (C=O) groups is 2. The summed E-state index contributed by atoms with van der Waals surface area (Å²) >= 11 is 0. The van der Waals surface area contributed by atoms with E-state index in [0.29, 0.717) is 24.8 Å². The van der Waals surface area contributed by atoms with Crippen LogP contribution >= 0.6 is 0 Å². The summed E-state index contributed by atoms with van der Waals surface area (Å²) in [5.41, 5.74) is 2.94. The van der Waals surface area contributed by atoms with Crippen molar-refractivity contribution in [3.63, 3.8) is 0 Å². The van der Waals surface area contributed by atoms with Crippen LogP contribution in [0.4, 0.5) is 11.4 Å². The summed E-state index contributed by atoms with van der Waals surface area (Å²) in [6.45, 7) is 7.66. The maximum absolute atomic E-state index is 12.8. The zero-order valence-electron chi connectivity index (χ0n) is 18.0. The van der Waals surface area contributed by atoms with Crippen LogP contribution in [-0.4, -0.2) is 37.4 Å². The lowest BCUT2D eigenvalue weighted by Crippen LogP contribution is -2.34. The SMILES string of the molecule is CN(C)c1ccc(NC(=O)CC(C)(C)C)cc1CN(CC1CC1)C(=O)C1CC1. The lowest BCUT2D eigenvalue weighted by atomic mass is 9.92. The van der Waals surface area contributed by atoms with E-state index in [1.54, 1.807) is 0 Å². The number of amides is 2. The van der Waals surface area contributed by atoms with E-state index in [4.69, 9.17) is 0 Å². The number of benzene rings is 1. The van der Waals surface area contributed by atoms with Gasteiger partial charge in [-0.3, -0.25) is 9.59 Å². The molecule has 5 heteroatoms. The van der Waals surface area contributed by atoms with Crippen LogP contribution in [0, 0.1) is 17.3 Å². The monoisotopic (exact) mass is 385 g/mol. The van der Waals surface area contributed by atoms with E-state index >= 15 is 0 Å². The first-order valence-electron chi connectivity index (χ1n) is 10.5. The summed E-state index contributed by atoms with van der Waals surface area (Å²) in [6.07, 6.45) is 5.01. The van der Waals surface area contributed by atoms with Crippen LogP contribution in [0.1, 0.15) is 58.4 Å². The Morgan fingerprint density at radius 2 is 1.79 bits per heavy atom. The maximum Gasteiger partial charge on any atom is 0.225 e. The summed E-state index contributed by atoms with van der Waals surface area (Å²) in [5, 5.41) is 3.03. The Morgan fingerprint density at radius 3 is 2.32 bits per heavy atom. The number of carbonyl (C=O) groups excluding carboxylic acids is 2. The molecule has 2 fully saturated rings. The van der Waals surface area contributed by atoms with Crippen molar-refractivity contribution in [2.45, 2.75) is 59.4 Å². The van der Waals surface area contributed by atoms with Crippen LogP contribution in [0.3, 0.4) is 0 Å². The third-order valence-electron chi connectivity index (χ3n) is 5.31. The molecule has 0 spiro atoms. The number of hydrogen-bond donors (Lipinski definition) is 1. The number of nitrogens with one attached hydrogen (secondary N) is 1.